The van der Waals surface area contributed by atoms with Crippen molar-refractivity contribution < 1.29 is 4.74 Å². The quantitative estimate of drug-likeness (QED) is 0.752. The van der Waals surface area contributed by atoms with Crippen molar-refractivity contribution in [3.63, 3.8) is 0 Å². The summed E-state index contributed by atoms with van der Waals surface area (Å²) < 4.78 is 5.74. The summed E-state index contributed by atoms with van der Waals surface area (Å²) in [4.78, 5) is 2.20. The second kappa shape index (κ2) is 4.77. The molecular weight excluding hydrogens is 186 g/mol. The second-order valence-electron chi connectivity index (χ2n) is 4.44. The van der Waals surface area contributed by atoms with Crippen molar-refractivity contribution in [3.05, 3.63) is 35.4 Å². The van der Waals surface area contributed by atoms with E-state index in [0.29, 0.717) is 6.10 Å². The van der Waals surface area contributed by atoms with Gasteiger partial charge in [-0.25, -0.2) is 0 Å². The zero-order chi connectivity index (χ0) is 10.7. The Bertz CT molecular complexity index is 316. The zero-order valence-corrected chi connectivity index (χ0v) is 9.57. The minimum absolute atomic E-state index is 0.334. The van der Waals surface area contributed by atoms with E-state index in [-0.39, 0.29) is 0 Å². The van der Waals surface area contributed by atoms with E-state index in [2.05, 4.69) is 43.3 Å². The van der Waals surface area contributed by atoms with Crippen molar-refractivity contribution in [2.75, 3.05) is 20.7 Å². The number of benzene rings is 1. The first-order valence-electron chi connectivity index (χ1n) is 5.61. The van der Waals surface area contributed by atoms with Crippen molar-refractivity contribution >= 4 is 0 Å². The standard InChI is InChI=1S/C13H19NO/c1-14(2)10-11-6-3-4-7-12(11)13-8-5-9-15-13/h3-4,6-7,13H,5,8-10H2,1-2H3. The van der Waals surface area contributed by atoms with Gasteiger partial charge < -0.3 is 9.64 Å². The summed E-state index contributed by atoms with van der Waals surface area (Å²) in [6, 6.07) is 8.62. The van der Waals surface area contributed by atoms with E-state index in [1.807, 2.05) is 0 Å². The van der Waals surface area contributed by atoms with Crippen LogP contribution in [0.1, 0.15) is 30.1 Å². The van der Waals surface area contributed by atoms with Crippen LogP contribution >= 0.6 is 0 Å². The third-order valence-electron chi connectivity index (χ3n) is 2.82. The van der Waals surface area contributed by atoms with Crippen molar-refractivity contribution in [1.82, 2.24) is 4.90 Å². The Morgan fingerprint density at radius 3 is 2.80 bits per heavy atom. The molecule has 2 rings (SSSR count). The third kappa shape index (κ3) is 2.58. The molecular formula is C13H19NO. The summed E-state index contributed by atoms with van der Waals surface area (Å²) in [5.41, 5.74) is 2.78. The van der Waals surface area contributed by atoms with Crippen molar-refractivity contribution in [2.24, 2.45) is 0 Å². The molecule has 1 aromatic rings. The topological polar surface area (TPSA) is 12.5 Å². The SMILES string of the molecule is CN(C)Cc1ccccc1C1CCCO1. The summed E-state index contributed by atoms with van der Waals surface area (Å²) in [7, 11) is 4.21. The first kappa shape index (κ1) is 10.7. The number of rotatable bonds is 3. The molecule has 82 valence electrons. The lowest BCUT2D eigenvalue weighted by molar-refractivity contribution is 0.111. The minimum Gasteiger partial charge on any atom is -0.374 e. The molecule has 0 saturated carbocycles. The predicted octanol–water partition coefficient (Wildman–Crippen LogP) is 2.60. The van der Waals surface area contributed by atoms with Gasteiger partial charge in [0.15, 0.2) is 0 Å². The van der Waals surface area contributed by atoms with Crippen LogP contribution < -0.4 is 0 Å². The lowest BCUT2D eigenvalue weighted by Gasteiger charge is -2.17. The first-order chi connectivity index (χ1) is 7.27. The van der Waals surface area contributed by atoms with E-state index in [1.165, 1.54) is 24.0 Å². The maximum Gasteiger partial charge on any atom is 0.0828 e. The fourth-order valence-corrected chi connectivity index (χ4v) is 2.16. The summed E-state index contributed by atoms with van der Waals surface area (Å²) in [6.45, 7) is 1.91. The Hall–Kier alpha value is -0.860. The summed E-state index contributed by atoms with van der Waals surface area (Å²) in [5, 5.41) is 0. The Labute approximate surface area is 91.9 Å². The Balaban J connectivity index is 2.20. The molecule has 2 nitrogen and oxygen atoms in total. The average molecular weight is 205 g/mol. The van der Waals surface area contributed by atoms with E-state index in [9.17, 15) is 0 Å². The van der Waals surface area contributed by atoms with Gasteiger partial charge in [0.05, 0.1) is 6.10 Å². The molecule has 1 aromatic carbocycles. The summed E-state index contributed by atoms with van der Waals surface area (Å²) in [5.74, 6) is 0. The van der Waals surface area contributed by atoms with Gasteiger partial charge in [-0.15, -0.1) is 0 Å². The van der Waals surface area contributed by atoms with Crippen molar-refractivity contribution in [3.8, 4) is 0 Å². The molecule has 0 bridgehead atoms. The molecule has 0 spiro atoms. The molecule has 0 aromatic heterocycles. The molecule has 0 radical (unpaired) electrons. The van der Waals surface area contributed by atoms with E-state index in [1.54, 1.807) is 0 Å². The molecule has 1 heterocycles. The molecule has 1 fully saturated rings. The van der Waals surface area contributed by atoms with Gasteiger partial charge >= 0.3 is 0 Å². The molecule has 1 aliphatic rings. The van der Waals surface area contributed by atoms with Crippen molar-refractivity contribution in [2.45, 2.75) is 25.5 Å². The molecule has 15 heavy (non-hydrogen) atoms. The maximum absolute atomic E-state index is 5.74. The molecule has 0 amide bonds. The number of ether oxygens (including phenoxy) is 1. The highest BCUT2D eigenvalue weighted by molar-refractivity contribution is 5.29. The Kier molecular flexibility index (Phi) is 3.39. The van der Waals surface area contributed by atoms with Gasteiger partial charge in [0.25, 0.3) is 0 Å². The van der Waals surface area contributed by atoms with Gasteiger partial charge in [-0.2, -0.15) is 0 Å². The van der Waals surface area contributed by atoms with Crippen LogP contribution in [0.2, 0.25) is 0 Å². The highest BCUT2D eigenvalue weighted by atomic mass is 16.5. The molecule has 0 N–H and O–H groups in total. The fraction of sp³-hybridized carbons (Fsp3) is 0.538. The molecule has 1 saturated heterocycles. The molecule has 1 aliphatic heterocycles. The largest absolute Gasteiger partial charge is 0.374 e. The zero-order valence-electron chi connectivity index (χ0n) is 9.57. The van der Waals surface area contributed by atoms with Gasteiger partial charge in [-0.3, -0.25) is 0 Å². The summed E-state index contributed by atoms with van der Waals surface area (Å²) >= 11 is 0. The molecule has 1 unspecified atom stereocenters. The van der Waals surface area contributed by atoms with Crippen LogP contribution in [-0.4, -0.2) is 25.6 Å². The average Bonchev–Trinajstić information content (AvgIpc) is 2.70. The van der Waals surface area contributed by atoms with E-state index in [4.69, 9.17) is 4.74 Å². The second-order valence-corrected chi connectivity index (χ2v) is 4.44. The highest BCUT2D eigenvalue weighted by Crippen LogP contribution is 2.30. The van der Waals surface area contributed by atoms with Crippen LogP contribution in [0.5, 0.6) is 0 Å². The summed E-state index contributed by atoms with van der Waals surface area (Å²) in [6.07, 6.45) is 2.70. The maximum atomic E-state index is 5.74. The minimum atomic E-state index is 0.334. The molecule has 1 atom stereocenters. The first-order valence-corrected chi connectivity index (χ1v) is 5.61. The lowest BCUT2D eigenvalue weighted by Crippen LogP contribution is -2.13. The fourth-order valence-electron chi connectivity index (χ4n) is 2.16. The van der Waals surface area contributed by atoms with Crippen LogP contribution in [0.3, 0.4) is 0 Å². The van der Waals surface area contributed by atoms with Crippen LogP contribution in [0.15, 0.2) is 24.3 Å². The van der Waals surface area contributed by atoms with Crippen LogP contribution in [0.4, 0.5) is 0 Å². The number of hydrogen-bond acceptors (Lipinski definition) is 2. The number of hydrogen-bond donors (Lipinski definition) is 0. The normalized spacial score (nSPS) is 21.1. The van der Waals surface area contributed by atoms with E-state index in [0.717, 1.165) is 13.2 Å². The van der Waals surface area contributed by atoms with Gasteiger partial charge in [-0.05, 0) is 38.1 Å². The monoisotopic (exact) mass is 205 g/mol. The van der Waals surface area contributed by atoms with Crippen molar-refractivity contribution in [1.29, 1.82) is 0 Å². The van der Waals surface area contributed by atoms with Gasteiger partial charge in [-0.1, -0.05) is 24.3 Å². The predicted molar refractivity (Wildman–Crippen MR) is 61.8 cm³/mol. The lowest BCUT2D eigenvalue weighted by atomic mass is 10.0. The smallest absolute Gasteiger partial charge is 0.0828 e. The van der Waals surface area contributed by atoms with Crippen LogP contribution in [0.25, 0.3) is 0 Å². The molecule has 2 heteroatoms. The number of nitrogens with zero attached hydrogens (tertiary/aromatic N) is 1. The van der Waals surface area contributed by atoms with E-state index < -0.39 is 0 Å². The third-order valence-corrected chi connectivity index (χ3v) is 2.82. The molecule has 0 aliphatic carbocycles. The van der Waals surface area contributed by atoms with Crippen LogP contribution in [-0.2, 0) is 11.3 Å². The Morgan fingerprint density at radius 1 is 1.33 bits per heavy atom. The van der Waals surface area contributed by atoms with Crippen LogP contribution in [0, 0.1) is 0 Å². The van der Waals surface area contributed by atoms with E-state index >= 15 is 0 Å². The highest BCUT2D eigenvalue weighted by Gasteiger charge is 2.19. The Morgan fingerprint density at radius 2 is 2.13 bits per heavy atom. The van der Waals surface area contributed by atoms with Gasteiger partial charge in [0, 0.05) is 13.2 Å². The van der Waals surface area contributed by atoms with Gasteiger partial charge in [0.1, 0.15) is 0 Å². The van der Waals surface area contributed by atoms with Gasteiger partial charge in [0.2, 0.25) is 0 Å².